The number of hydrogen-bond donors (Lipinski definition) is 1. The first-order valence-electron chi connectivity index (χ1n) is 6.20. The molecular weight excluding hydrogens is 272 g/mol. The van der Waals surface area contributed by atoms with Gasteiger partial charge in [-0.2, -0.15) is 5.10 Å². The van der Waals surface area contributed by atoms with Gasteiger partial charge in [-0.05, 0) is 12.1 Å². The summed E-state index contributed by atoms with van der Waals surface area (Å²) in [6, 6.07) is 3.51. The van der Waals surface area contributed by atoms with E-state index in [1.54, 1.807) is 35.4 Å². The molecule has 3 aromatic heterocycles. The minimum atomic E-state index is -1.12. The third-order valence-electron chi connectivity index (χ3n) is 2.96. The Balaban J connectivity index is 2.07. The fourth-order valence-corrected chi connectivity index (χ4v) is 2.08. The van der Waals surface area contributed by atoms with Crippen LogP contribution >= 0.6 is 0 Å². The van der Waals surface area contributed by atoms with E-state index in [1.165, 1.54) is 4.68 Å². The lowest BCUT2D eigenvalue weighted by atomic mass is 10.1. The Labute approximate surface area is 119 Å². The molecule has 0 unspecified atom stereocenters. The Morgan fingerprint density at radius 3 is 2.86 bits per heavy atom. The van der Waals surface area contributed by atoms with Crippen molar-refractivity contribution in [3.05, 3.63) is 48.2 Å². The minimum Gasteiger partial charge on any atom is -0.476 e. The molecule has 8 heteroatoms. The molecule has 1 N–H and O–H groups in total. The molecular formula is C13H12N6O2. The number of pyridine rings is 1. The van der Waals surface area contributed by atoms with E-state index < -0.39 is 5.97 Å². The van der Waals surface area contributed by atoms with Crippen molar-refractivity contribution in [2.75, 3.05) is 0 Å². The molecule has 0 aliphatic heterocycles. The first kappa shape index (κ1) is 13.0. The van der Waals surface area contributed by atoms with Gasteiger partial charge in [0.25, 0.3) is 0 Å². The van der Waals surface area contributed by atoms with Crippen LogP contribution in [-0.4, -0.2) is 40.8 Å². The Morgan fingerprint density at radius 1 is 1.38 bits per heavy atom. The predicted molar refractivity (Wildman–Crippen MR) is 72.5 cm³/mol. The minimum absolute atomic E-state index is 0.0908. The topological polar surface area (TPSA) is 98.7 Å². The Bertz CT molecular complexity index is 777. The van der Waals surface area contributed by atoms with Gasteiger partial charge in [-0.1, -0.05) is 5.21 Å². The standard InChI is InChI=1S/C13H12N6O2/c1-18-7-9(5-15-18)8-19-12(10-3-2-4-14-6-10)11(13(20)21)16-17-19/h2-7H,8H2,1H3,(H,20,21). The normalized spacial score (nSPS) is 10.7. The summed E-state index contributed by atoms with van der Waals surface area (Å²) in [5, 5.41) is 21.0. The van der Waals surface area contributed by atoms with Crippen LogP contribution in [0.3, 0.4) is 0 Å². The summed E-state index contributed by atoms with van der Waals surface area (Å²) in [6.45, 7) is 0.387. The number of aromatic nitrogens is 6. The molecule has 3 heterocycles. The zero-order chi connectivity index (χ0) is 14.8. The lowest BCUT2D eigenvalue weighted by molar-refractivity contribution is 0.0691. The van der Waals surface area contributed by atoms with Crippen LogP contribution in [0.5, 0.6) is 0 Å². The number of aromatic carboxylic acids is 1. The Morgan fingerprint density at radius 2 is 2.24 bits per heavy atom. The van der Waals surface area contributed by atoms with E-state index in [9.17, 15) is 9.90 Å². The van der Waals surface area contributed by atoms with E-state index in [1.807, 2.05) is 13.2 Å². The maximum absolute atomic E-state index is 11.3. The highest BCUT2D eigenvalue weighted by Crippen LogP contribution is 2.22. The molecule has 106 valence electrons. The molecule has 0 saturated carbocycles. The van der Waals surface area contributed by atoms with Crippen LogP contribution in [-0.2, 0) is 13.6 Å². The number of rotatable bonds is 4. The van der Waals surface area contributed by atoms with Crippen molar-refractivity contribution < 1.29 is 9.90 Å². The predicted octanol–water partition coefficient (Wildman–Crippen LogP) is 0.820. The van der Waals surface area contributed by atoms with Gasteiger partial charge in [0.05, 0.1) is 12.7 Å². The fourth-order valence-electron chi connectivity index (χ4n) is 2.08. The van der Waals surface area contributed by atoms with Gasteiger partial charge in [0, 0.05) is 36.8 Å². The zero-order valence-electron chi connectivity index (χ0n) is 11.2. The second-order valence-corrected chi connectivity index (χ2v) is 4.51. The average Bonchev–Trinajstić information content (AvgIpc) is 3.07. The van der Waals surface area contributed by atoms with Crippen molar-refractivity contribution in [2.24, 2.45) is 7.05 Å². The summed E-state index contributed by atoms with van der Waals surface area (Å²) in [5.74, 6) is -1.12. The first-order valence-corrected chi connectivity index (χ1v) is 6.20. The second-order valence-electron chi connectivity index (χ2n) is 4.51. The van der Waals surface area contributed by atoms with E-state index in [-0.39, 0.29) is 5.69 Å². The van der Waals surface area contributed by atoms with Crippen molar-refractivity contribution in [3.8, 4) is 11.3 Å². The van der Waals surface area contributed by atoms with Gasteiger partial charge in [0.1, 0.15) is 5.69 Å². The summed E-state index contributed by atoms with van der Waals surface area (Å²) in [6.07, 6.45) is 6.76. The van der Waals surface area contributed by atoms with Crippen molar-refractivity contribution in [1.29, 1.82) is 0 Å². The second kappa shape index (κ2) is 5.16. The molecule has 0 saturated heterocycles. The Hall–Kier alpha value is -3.03. The smallest absolute Gasteiger partial charge is 0.358 e. The molecule has 8 nitrogen and oxygen atoms in total. The van der Waals surface area contributed by atoms with E-state index in [2.05, 4.69) is 20.4 Å². The lowest BCUT2D eigenvalue weighted by Gasteiger charge is -2.05. The SMILES string of the molecule is Cn1cc(Cn2nnc(C(=O)O)c2-c2cccnc2)cn1. The third-order valence-corrected chi connectivity index (χ3v) is 2.96. The van der Waals surface area contributed by atoms with Gasteiger partial charge in [-0.3, -0.25) is 9.67 Å². The van der Waals surface area contributed by atoms with Crippen molar-refractivity contribution in [2.45, 2.75) is 6.54 Å². The maximum Gasteiger partial charge on any atom is 0.358 e. The summed E-state index contributed by atoms with van der Waals surface area (Å²) in [5.41, 5.74) is 1.90. The van der Waals surface area contributed by atoms with Crippen molar-refractivity contribution in [1.82, 2.24) is 29.8 Å². The highest BCUT2D eigenvalue weighted by Gasteiger charge is 2.21. The van der Waals surface area contributed by atoms with Crippen LogP contribution < -0.4 is 0 Å². The van der Waals surface area contributed by atoms with Crippen LogP contribution in [0, 0.1) is 0 Å². The number of carboxylic acids is 1. The molecule has 3 aromatic rings. The van der Waals surface area contributed by atoms with Gasteiger partial charge in [-0.15, -0.1) is 5.10 Å². The monoisotopic (exact) mass is 284 g/mol. The molecule has 21 heavy (non-hydrogen) atoms. The van der Waals surface area contributed by atoms with Crippen LogP contribution in [0.1, 0.15) is 16.1 Å². The molecule has 3 rings (SSSR count). The average molecular weight is 284 g/mol. The highest BCUT2D eigenvalue weighted by atomic mass is 16.4. The van der Waals surface area contributed by atoms with E-state index in [4.69, 9.17) is 0 Å². The lowest BCUT2D eigenvalue weighted by Crippen LogP contribution is -2.06. The summed E-state index contributed by atoms with van der Waals surface area (Å²) in [4.78, 5) is 15.3. The van der Waals surface area contributed by atoms with Gasteiger partial charge in [-0.25, -0.2) is 9.48 Å². The molecule has 0 bridgehead atoms. The molecule has 0 aliphatic rings. The fraction of sp³-hybridized carbons (Fsp3) is 0.154. The number of hydrogen-bond acceptors (Lipinski definition) is 5. The Kier molecular flexibility index (Phi) is 3.19. The van der Waals surface area contributed by atoms with Crippen LogP contribution in [0.4, 0.5) is 0 Å². The largest absolute Gasteiger partial charge is 0.476 e. The number of carbonyl (C=O) groups is 1. The van der Waals surface area contributed by atoms with Gasteiger partial charge >= 0.3 is 5.97 Å². The number of aryl methyl sites for hydroxylation is 1. The van der Waals surface area contributed by atoms with Gasteiger partial charge in [0.15, 0.2) is 5.69 Å². The number of nitrogens with zero attached hydrogens (tertiary/aromatic N) is 6. The molecule has 0 atom stereocenters. The molecule has 0 radical (unpaired) electrons. The highest BCUT2D eigenvalue weighted by molar-refractivity contribution is 5.92. The molecule has 0 fully saturated rings. The molecule has 0 aromatic carbocycles. The summed E-state index contributed by atoms with van der Waals surface area (Å²) >= 11 is 0. The molecule has 0 spiro atoms. The van der Waals surface area contributed by atoms with E-state index >= 15 is 0 Å². The van der Waals surface area contributed by atoms with E-state index in [0.717, 1.165) is 5.56 Å². The van der Waals surface area contributed by atoms with E-state index in [0.29, 0.717) is 17.8 Å². The van der Waals surface area contributed by atoms with Crippen LogP contribution in [0.2, 0.25) is 0 Å². The third kappa shape index (κ3) is 2.50. The van der Waals surface area contributed by atoms with Crippen molar-refractivity contribution >= 4 is 5.97 Å². The first-order chi connectivity index (χ1) is 10.1. The summed E-state index contributed by atoms with van der Waals surface area (Å²) < 4.78 is 3.21. The van der Waals surface area contributed by atoms with Gasteiger partial charge in [0.2, 0.25) is 0 Å². The van der Waals surface area contributed by atoms with Gasteiger partial charge < -0.3 is 5.11 Å². The summed E-state index contributed by atoms with van der Waals surface area (Å²) in [7, 11) is 1.82. The van der Waals surface area contributed by atoms with Crippen molar-refractivity contribution in [3.63, 3.8) is 0 Å². The molecule has 0 amide bonds. The maximum atomic E-state index is 11.3. The quantitative estimate of drug-likeness (QED) is 0.761. The van der Waals surface area contributed by atoms with Crippen LogP contribution in [0.15, 0.2) is 36.9 Å². The number of carboxylic acid groups (broad SMARTS) is 1. The molecule has 0 aliphatic carbocycles. The van der Waals surface area contributed by atoms with Crippen LogP contribution in [0.25, 0.3) is 11.3 Å². The zero-order valence-corrected chi connectivity index (χ0v) is 11.2.